The zero-order valence-electron chi connectivity index (χ0n) is 11.1. The topological polar surface area (TPSA) is 43.8 Å². The molecule has 0 saturated heterocycles. The smallest absolute Gasteiger partial charge is 0.201 e. The van der Waals surface area contributed by atoms with Crippen molar-refractivity contribution in [2.75, 3.05) is 5.73 Å². The molecule has 1 aliphatic carbocycles. The molecule has 1 saturated carbocycles. The van der Waals surface area contributed by atoms with Crippen molar-refractivity contribution in [3.05, 3.63) is 58.3 Å². The predicted octanol–water partition coefficient (Wildman–Crippen LogP) is 4.25. The van der Waals surface area contributed by atoms with Crippen molar-refractivity contribution in [2.24, 2.45) is 0 Å². The lowest BCUT2D eigenvalue weighted by Gasteiger charge is -2.06. The average molecular weight is 346 g/mol. The van der Waals surface area contributed by atoms with E-state index >= 15 is 0 Å². The molecule has 1 fully saturated rings. The standard InChI is InChI=1S/C16H13BrFN3/c17-11-7-13-15(8-12(11)18)21(16(19)20-13)14-6-10(14)9-4-2-1-3-5-9/h1-5,7-8,10,14H,6H2,(H2,19,20). The second-order valence-corrected chi connectivity index (χ2v) is 6.27. The van der Waals surface area contributed by atoms with Crippen molar-refractivity contribution in [1.82, 2.24) is 9.55 Å². The molecule has 2 atom stereocenters. The Morgan fingerprint density at radius 1 is 1.24 bits per heavy atom. The maximum absolute atomic E-state index is 13.8. The Hall–Kier alpha value is -1.88. The highest BCUT2D eigenvalue weighted by molar-refractivity contribution is 9.10. The van der Waals surface area contributed by atoms with E-state index in [1.807, 2.05) is 22.8 Å². The Balaban J connectivity index is 1.78. The third kappa shape index (κ3) is 2.03. The summed E-state index contributed by atoms with van der Waals surface area (Å²) in [5.41, 5.74) is 8.82. The number of nitrogens with two attached hydrogens (primary N) is 1. The molecule has 1 aliphatic rings. The maximum Gasteiger partial charge on any atom is 0.201 e. The summed E-state index contributed by atoms with van der Waals surface area (Å²) in [4.78, 5) is 4.35. The van der Waals surface area contributed by atoms with E-state index in [9.17, 15) is 4.39 Å². The summed E-state index contributed by atoms with van der Waals surface area (Å²) in [5, 5.41) is 0. The first-order valence-corrected chi connectivity index (χ1v) is 7.62. The average Bonchev–Trinajstić information content (AvgIpc) is 3.19. The largest absolute Gasteiger partial charge is 0.369 e. The molecule has 2 N–H and O–H groups in total. The van der Waals surface area contributed by atoms with Crippen LogP contribution in [-0.4, -0.2) is 9.55 Å². The van der Waals surface area contributed by atoms with Gasteiger partial charge < -0.3 is 10.3 Å². The van der Waals surface area contributed by atoms with Crippen LogP contribution in [0.2, 0.25) is 0 Å². The van der Waals surface area contributed by atoms with E-state index in [-0.39, 0.29) is 11.9 Å². The molecule has 0 radical (unpaired) electrons. The highest BCUT2D eigenvalue weighted by Crippen LogP contribution is 2.53. The van der Waals surface area contributed by atoms with Gasteiger partial charge in [0.2, 0.25) is 5.95 Å². The second-order valence-electron chi connectivity index (χ2n) is 5.42. The number of rotatable bonds is 2. The van der Waals surface area contributed by atoms with Gasteiger partial charge >= 0.3 is 0 Å². The van der Waals surface area contributed by atoms with Gasteiger partial charge in [-0.15, -0.1) is 0 Å². The van der Waals surface area contributed by atoms with Crippen LogP contribution < -0.4 is 5.73 Å². The van der Waals surface area contributed by atoms with Gasteiger partial charge in [0.05, 0.1) is 15.5 Å². The number of halogens is 2. The molecule has 0 amide bonds. The van der Waals surface area contributed by atoms with Crippen LogP contribution in [0.1, 0.15) is 23.9 Å². The van der Waals surface area contributed by atoms with Crippen molar-refractivity contribution in [2.45, 2.75) is 18.4 Å². The Bertz CT molecular complexity index is 828. The molecule has 3 aromatic rings. The minimum absolute atomic E-state index is 0.262. The lowest BCUT2D eigenvalue weighted by Crippen LogP contribution is -2.02. The SMILES string of the molecule is Nc1nc2cc(Br)c(F)cc2n1C1CC1c1ccccc1. The molecule has 1 aromatic heterocycles. The Morgan fingerprint density at radius 3 is 2.76 bits per heavy atom. The van der Waals surface area contributed by atoms with E-state index in [4.69, 9.17) is 5.73 Å². The minimum atomic E-state index is -0.291. The van der Waals surface area contributed by atoms with Crippen LogP contribution in [0.25, 0.3) is 11.0 Å². The summed E-state index contributed by atoms with van der Waals surface area (Å²) in [5.74, 6) is 0.587. The normalized spacial score (nSPS) is 20.9. The third-order valence-electron chi connectivity index (χ3n) is 4.07. The first-order chi connectivity index (χ1) is 10.1. The number of benzene rings is 2. The summed E-state index contributed by atoms with van der Waals surface area (Å²) in [6.45, 7) is 0. The maximum atomic E-state index is 13.8. The van der Waals surface area contributed by atoms with Gasteiger partial charge in [0.15, 0.2) is 0 Å². The van der Waals surface area contributed by atoms with Gasteiger partial charge in [-0.05, 0) is 34.0 Å². The number of nitrogens with zero attached hydrogens (tertiary/aromatic N) is 2. The molecule has 106 valence electrons. The Labute approximate surface area is 129 Å². The fourth-order valence-electron chi connectivity index (χ4n) is 2.98. The van der Waals surface area contributed by atoms with E-state index in [2.05, 4.69) is 33.0 Å². The van der Waals surface area contributed by atoms with Crippen LogP contribution in [0, 0.1) is 5.82 Å². The van der Waals surface area contributed by atoms with Gasteiger partial charge in [0.25, 0.3) is 0 Å². The lowest BCUT2D eigenvalue weighted by molar-refractivity contribution is 0.621. The van der Waals surface area contributed by atoms with Crippen molar-refractivity contribution in [1.29, 1.82) is 0 Å². The van der Waals surface area contributed by atoms with Crippen LogP contribution in [0.3, 0.4) is 0 Å². The van der Waals surface area contributed by atoms with E-state index < -0.39 is 0 Å². The van der Waals surface area contributed by atoms with E-state index in [1.54, 1.807) is 6.07 Å². The second kappa shape index (κ2) is 4.56. The number of imidazole rings is 1. The van der Waals surface area contributed by atoms with Crippen LogP contribution in [-0.2, 0) is 0 Å². The predicted molar refractivity (Wildman–Crippen MR) is 84.6 cm³/mol. The number of aromatic nitrogens is 2. The van der Waals surface area contributed by atoms with Gasteiger partial charge in [-0.25, -0.2) is 9.37 Å². The van der Waals surface area contributed by atoms with Crippen LogP contribution in [0.4, 0.5) is 10.3 Å². The Morgan fingerprint density at radius 2 is 2.00 bits per heavy atom. The molecule has 4 rings (SSSR count). The fourth-order valence-corrected chi connectivity index (χ4v) is 3.31. The molecular weight excluding hydrogens is 333 g/mol. The Kier molecular flexibility index (Phi) is 2.79. The minimum Gasteiger partial charge on any atom is -0.369 e. The quantitative estimate of drug-likeness (QED) is 0.754. The summed E-state index contributed by atoms with van der Waals surface area (Å²) < 4.78 is 16.2. The highest BCUT2D eigenvalue weighted by atomic mass is 79.9. The van der Waals surface area contributed by atoms with Crippen LogP contribution in [0.5, 0.6) is 0 Å². The molecule has 0 aliphatic heterocycles. The number of anilines is 1. The summed E-state index contributed by atoms with van der Waals surface area (Å²) in [7, 11) is 0. The van der Waals surface area contributed by atoms with Crippen molar-refractivity contribution < 1.29 is 4.39 Å². The van der Waals surface area contributed by atoms with Gasteiger partial charge in [0, 0.05) is 18.0 Å². The van der Waals surface area contributed by atoms with Crippen molar-refractivity contribution in [3.8, 4) is 0 Å². The van der Waals surface area contributed by atoms with Gasteiger partial charge in [-0.2, -0.15) is 0 Å². The number of hydrogen-bond acceptors (Lipinski definition) is 2. The zero-order chi connectivity index (χ0) is 14.6. The molecule has 2 unspecified atom stereocenters. The molecule has 21 heavy (non-hydrogen) atoms. The summed E-state index contributed by atoms with van der Waals surface area (Å²) in [6.07, 6.45) is 1.01. The molecule has 1 heterocycles. The highest BCUT2D eigenvalue weighted by Gasteiger charge is 2.41. The number of hydrogen-bond donors (Lipinski definition) is 1. The molecule has 0 spiro atoms. The zero-order valence-corrected chi connectivity index (χ0v) is 12.7. The first kappa shape index (κ1) is 12.8. The number of fused-ring (bicyclic) bond motifs is 1. The van der Waals surface area contributed by atoms with E-state index in [1.165, 1.54) is 11.6 Å². The van der Waals surface area contributed by atoms with Crippen LogP contribution >= 0.6 is 15.9 Å². The van der Waals surface area contributed by atoms with Crippen molar-refractivity contribution in [3.63, 3.8) is 0 Å². The van der Waals surface area contributed by atoms with Gasteiger partial charge in [-0.3, -0.25) is 0 Å². The summed E-state index contributed by atoms with van der Waals surface area (Å²) in [6, 6.07) is 13.8. The van der Waals surface area contributed by atoms with Crippen molar-refractivity contribution >= 4 is 32.9 Å². The van der Waals surface area contributed by atoms with Crippen LogP contribution in [0.15, 0.2) is 46.9 Å². The molecular formula is C16H13BrFN3. The fraction of sp³-hybridized carbons (Fsp3) is 0.188. The molecule has 3 nitrogen and oxygen atoms in total. The van der Waals surface area contributed by atoms with E-state index in [0.717, 1.165) is 17.5 Å². The van der Waals surface area contributed by atoms with E-state index in [0.29, 0.717) is 16.3 Å². The number of nitrogen functional groups attached to an aromatic ring is 1. The van der Waals surface area contributed by atoms with Gasteiger partial charge in [-0.1, -0.05) is 30.3 Å². The summed E-state index contributed by atoms with van der Waals surface area (Å²) >= 11 is 3.19. The third-order valence-corrected chi connectivity index (χ3v) is 4.68. The molecule has 0 bridgehead atoms. The van der Waals surface area contributed by atoms with Gasteiger partial charge in [0.1, 0.15) is 5.82 Å². The first-order valence-electron chi connectivity index (χ1n) is 6.82. The monoisotopic (exact) mass is 345 g/mol. The molecule has 5 heteroatoms. The molecule has 2 aromatic carbocycles. The lowest BCUT2D eigenvalue weighted by atomic mass is 10.1.